The van der Waals surface area contributed by atoms with Crippen molar-refractivity contribution in [3.63, 3.8) is 0 Å². The Morgan fingerprint density at radius 1 is 0.914 bits per heavy atom. The van der Waals surface area contributed by atoms with Crippen molar-refractivity contribution in [3.05, 3.63) is 96.1 Å². The fourth-order valence-corrected chi connectivity index (χ4v) is 4.72. The molecule has 0 radical (unpaired) electrons. The van der Waals surface area contributed by atoms with Crippen LogP contribution in [0.3, 0.4) is 0 Å². The first-order chi connectivity index (χ1) is 16.7. The average molecular weight is 493 g/mol. The van der Waals surface area contributed by atoms with Gasteiger partial charge in [-0.15, -0.1) is 0 Å². The number of carbonyl (C=O) groups is 3. The molecule has 180 valence electrons. The maximum Gasteiger partial charge on any atom is 0.344 e. The van der Waals surface area contributed by atoms with Crippen LogP contribution < -0.4 is 15.5 Å². The number of hydrogen-bond donors (Lipinski definition) is 3. The molecule has 0 bridgehead atoms. The van der Waals surface area contributed by atoms with E-state index in [1.54, 1.807) is 37.3 Å². The molecule has 3 aromatic carbocycles. The van der Waals surface area contributed by atoms with Crippen LogP contribution in [0.25, 0.3) is 0 Å². The van der Waals surface area contributed by atoms with E-state index < -0.39 is 33.4 Å². The molecule has 3 N–H and O–H groups in total. The van der Waals surface area contributed by atoms with Gasteiger partial charge in [0.2, 0.25) is 0 Å². The van der Waals surface area contributed by atoms with Gasteiger partial charge in [-0.3, -0.25) is 19.7 Å². The van der Waals surface area contributed by atoms with E-state index >= 15 is 0 Å². The minimum atomic E-state index is -3.85. The predicted octanol–water partition coefficient (Wildman–Crippen LogP) is 3.08. The molecular formula is C25H24N4O5S. The highest BCUT2D eigenvalue weighted by atomic mass is 32.2. The maximum atomic E-state index is 12.9. The van der Waals surface area contributed by atoms with Crippen LogP contribution in [-0.4, -0.2) is 36.8 Å². The summed E-state index contributed by atoms with van der Waals surface area (Å²) in [6.45, 7) is 1.61. The lowest BCUT2D eigenvalue weighted by Gasteiger charge is -2.21. The third-order valence-electron chi connectivity index (χ3n) is 5.68. The van der Waals surface area contributed by atoms with Gasteiger partial charge in [0.15, 0.2) is 0 Å². The Kier molecular flexibility index (Phi) is 6.57. The SMILES string of the molecule is C[C@]1(CCc2ccccc2)NC(=O)N(NC(=O)c2ccc(S(=O)(=O)Nc3ccccc3)cc2)C1=O. The molecule has 0 unspecified atom stereocenters. The third-order valence-corrected chi connectivity index (χ3v) is 7.08. The highest BCUT2D eigenvalue weighted by Crippen LogP contribution is 2.23. The summed E-state index contributed by atoms with van der Waals surface area (Å²) in [4.78, 5) is 38.0. The van der Waals surface area contributed by atoms with E-state index in [0.717, 1.165) is 5.56 Å². The fourth-order valence-electron chi connectivity index (χ4n) is 3.67. The van der Waals surface area contributed by atoms with Gasteiger partial charge in [0.25, 0.3) is 21.8 Å². The van der Waals surface area contributed by atoms with E-state index in [2.05, 4.69) is 15.5 Å². The maximum absolute atomic E-state index is 12.9. The summed E-state index contributed by atoms with van der Waals surface area (Å²) < 4.78 is 27.6. The predicted molar refractivity (Wildman–Crippen MR) is 130 cm³/mol. The van der Waals surface area contributed by atoms with Gasteiger partial charge in [0.1, 0.15) is 5.54 Å². The van der Waals surface area contributed by atoms with Crippen molar-refractivity contribution in [1.29, 1.82) is 0 Å². The van der Waals surface area contributed by atoms with Gasteiger partial charge in [-0.2, -0.15) is 5.01 Å². The van der Waals surface area contributed by atoms with Gasteiger partial charge in [0, 0.05) is 11.3 Å². The van der Waals surface area contributed by atoms with Crippen LogP contribution in [0.4, 0.5) is 10.5 Å². The Morgan fingerprint density at radius 3 is 2.14 bits per heavy atom. The first-order valence-electron chi connectivity index (χ1n) is 10.9. The monoisotopic (exact) mass is 492 g/mol. The van der Waals surface area contributed by atoms with Crippen molar-refractivity contribution >= 4 is 33.6 Å². The number of amides is 4. The van der Waals surface area contributed by atoms with Crippen LogP contribution in [0, 0.1) is 0 Å². The zero-order valence-electron chi connectivity index (χ0n) is 18.9. The van der Waals surface area contributed by atoms with Crippen molar-refractivity contribution in [2.24, 2.45) is 0 Å². The van der Waals surface area contributed by atoms with Crippen molar-refractivity contribution in [2.45, 2.75) is 30.2 Å². The second-order valence-electron chi connectivity index (χ2n) is 8.33. The number of carbonyl (C=O) groups excluding carboxylic acids is 3. The molecule has 1 aliphatic rings. The molecule has 1 heterocycles. The van der Waals surface area contributed by atoms with Crippen LogP contribution in [0.1, 0.15) is 29.3 Å². The average Bonchev–Trinajstić information content (AvgIpc) is 3.07. The van der Waals surface area contributed by atoms with Crippen molar-refractivity contribution < 1.29 is 22.8 Å². The summed E-state index contributed by atoms with van der Waals surface area (Å²) >= 11 is 0. The number of imide groups is 1. The quantitative estimate of drug-likeness (QED) is 0.417. The number of benzene rings is 3. The molecule has 4 rings (SSSR count). The zero-order valence-corrected chi connectivity index (χ0v) is 19.7. The number of urea groups is 1. The van der Waals surface area contributed by atoms with Gasteiger partial charge in [-0.05, 0) is 61.7 Å². The number of nitrogens with one attached hydrogen (secondary N) is 3. The van der Waals surface area contributed by atoms with Crippen LogP contribution in [-0.2, 0) is 21.2 Å². The molecule has 4 amide bonds. The van der Waals surface area contributed by atoms with E-state index in [1.807, 2.05) is 30.3 Å². The van der Waals surface area contributed by atoms with E-state index in [0.29, 0.717) is 23.5 Å². The summed E-state index contributed by atoms with van der Waals surface area (Å²) in [6, 6.07) is 22.4. The van der Waals surface area contributed by atoms with E-state index in [-0.39, 0.29) is 10.5 Å². The number of para-hydroxylation sites is 1. The van der Waals surface area contributed by atoms with Crippen LogP contribution in [0.5, 0.6) is 0 Å². The number of sulfonamides is 1. The second kappa shape index (κ2) is 9.59. The van der Waals surface area contributed by atoms with Crippen molar-refractivity contribution in [1.82, 2.24) is 15.8 Å². The Balaban J connectivity index is 1.41. The second-order valence-corrected chi connectivity index (χ2v) is 10.0. The number of anilines is 1. The third kappa shape index (κ3) is 5.33. The number of nitrogens with zero attached hydrogens (tertiary/aromatic N) is 1. The molecule has 0 saturated carbocycles. The largest absolute Gasteiger partial charge is 0.344 e. The normalized spacial score (nSPS) is 17.7. The van der Waals surface area contributed by atoms with Gasteiger partial charge in [0.05, 0.1) is 4.90 Å². The molecule has 1 fully saturated rings. The standard InChI is InChI=1S/C25H24N4O5S/c1-25(17-16-18-8-4-2-5-9-18)23(31)29(24(32)26-25)27-22(30)19-12-14-21(15-13-19)35(33,34)28-20-10-6-3-7-11-20/h2-15,28H,16-17H2,1H3,(H,26,32)(H,27,30)/t25-/m1/s1. The Bertz CT molecular complexity index is 1350. The van der Waals surface area contributed by atoms with Crippen molar-refractivity contribution in [3.8, 4) is 0 Å². The molecule has 35 heavy (non-hydrogen) atoms. The van der Waals surface area contributed by atoms with E-state index in [1.165, 1.54) is 24.3 Å². The Morgan fingerprint density at radius 2 is 1.51 bits per heavy atom. The van der Waals surface area contributed by atoms with Gasteiger partial charge in [-0.25, -0.2) is 13.2 Å². The first kappa shape index (κ1) is 24.0. The van der Waals surface area contributed by atoms with Crippen molar-refractivity contribution in [2.75, 3.05) is 4.72 Å². The summed E-state index contributed by atoms with van der Waals surface area (Å²) in [5.74, 6) is -1.29. The van der Waals surface area contributed by atoms with E-state index in [4.69, 9.17) is 0 Å². The molecule has 0 aliphatic carbocycles. The summed E-state index contributed by atoms with van der Waals surface area (Å²) in [6.07, 6.45) is 0.924. The zero-order chi connectivity index (χ0) is 25.1. The lowest BCUT2D eigenvalue weighted by molar-refractivity contribution is -0.132. The summed E-state index contributed by atoms with van der Waals surface area (Å²) in [7, 11) is -3.85. The molecule has 0 spiro atoms. The Labute approximate surface area is 203 Å². The minimum Gasteiger partial charge on any atom is -0.322 e. The van der Waals surface area contributed by atoms with Crippen LogP contribution >= 0.6 is 0 Å². The van der Waals surface area contributed by atoms with E-state index in [9.17, 15) is 22.8 Å². The molecule has 0 aromatic heterocycles. The van der Waals surface area contributed by atoms with Gasteiger partial charge < -0.3 is 5.32 Å². The lowest BCUT2D eigenvalue weighted by Crippen LogP contribution is -2.48. The molecule has 3 aromatic rings. The molecule has 10 heteroatoms. The van der Waals surface area contributed by atoms with Crippen LogP contribution in [0.2, 0.25) is 0 Å². The topological polar surface area (TPSA) is 125 Å². The first-order valence-corrected chi connectivity index (χ1v) is 12.4. The van der Waals surface area contributed by atoms with Gasteiger partial charge >= 0.3 is 6.03 Å². The fraction of sp³-hybridized carbons (Fsp3) is 0.160. The molecule has 1 saturated heterocycles. The van der Waals surface area contributed by atoms with Gasteiger partial charge in [-0.1, -0.05) is 48.5 Å². The lowest BCUT2D eigenvalue weighted by atomic mass is 9.93. The highest BCUT2D eigenvalue weighted by molar-refractivity contribution is 7.92. The number of hydrazine groups is 1. The molecule has 1 aliphatic heterocycles. The molecule has 9 nitrogen and oxygen atoms in total. The summed E-state index contributed by atoms with van der Waals surface area (Å²) in [5.41, 5.74) is 2.66. The number of aryl methyl sites for hydroxylation is 1. The Hall–Kier alpha value is -4.18. The summed E-state index contributed by atoms with van der Waals surface area (Å²) in [5, 5.41) is 3.31. The van der Waals surface area contributed by atoms with Crippen LogP contribution in [0.15, 0.2) is 89.8 Å². The smallest absolute Gasteiger partial charge is 0.322 e. The minimum absolute atomic E-state index is 0.0404. The number of rotatable bonds is 8. The molecule has 1 atom stereocenters. The number of hydrogen-bond acceptors (Lipinski definition) is 5. The highest BCUT2D eigenvalue weighted by Gasteiger charge is 2.48. The molecular weight excluding hydrogens is 468 g/mol.